The lowest BCUT2D eigenvalue weighted by Gasteiger charge is -2.08. The maximum absolute atomic E-state index is 12.2. The van der Waals surface area contributed by atoms with E-state index in [0.717, 1.165) is 10.9 Å². The molecule has 22 heavy (non-hydrogen) atoms. The van der Waals surface area contributed by atoms with Gasteiger partial charge in [-0.3, -0.25) is 0 Å². The summed E-state index contributed by atoms with van der Waals surface area (Å²) in [5.41, 5.74) is 8.34. The molecule has 2 heterocycles. The summed E-state index contributed by atoms with van der Waals surface area (Å²) in [6.45, 7) is -2.98. The number of benzene rings is 1. The quantitative estimate of drug-likeness (QED) is 0.777. The molecule has 0 saturated heterocycles. The van der Waals surface area contributed by atoms with E-state index in [2.05, 4.69) is 20.8 Å². The zero-order valence-electron chi connectivity index (χ0n) is 11.2. The van der Waals surface area contributed by atoms with Gasteiger partial charge in [-0.2, -0.15) is 14.0 Å². The summed E-state index contributed by atoms with van der Waals surface area (Å²) in [5.74, 6) is -0.309. The number of anilines is 1. The van der Waals surface area contributed by atoms with Gasteiger partial charge in [-0.15, -0.1) is 0 Å². The molecule has 0 spiro atoms. The number of para-hydroxylation sites is 1. The Balaban J connectivity index is 2.09. The average molecular weight is 300 g/mol. The topological polar surface area (TPSA) is 87.7 Å². The van der Waals surface area contributed by atoms with Crippen molar-refractivity contribution in [1.29, 1.82) is 5.26 Å². The number of aromatic nitrogens is 2. The van der Waals surface area contributed by atoms with Gasteiger partial charge in [0.1, 0.15) is 6.07 Å². The van der Waals surface area contributed by atoms with Crippen molar-refractivity contribution in [3.05, 3.63) is 42.2 Å². The molecule has 7 heteroatoms. The van der Waals surface area contributed by atoms with Crippen LogP contribution in [0.1, 0.15) is 5.56 Å². The number of nitrogen functional groups attached to an aromatic ring is 1. The normalized spacial score (nSPS) is 10.8. The van der Waals surface area contributed by atoms with Gasteiger partial charge < -0.3 is 15.5 Å². The Morgan fingerprint density at radius 3 is 2.86 bits per heavy atom. The summed E-state index contributed by atoms with van der Waals surface area (Å²) in [6.07, 6.45) is 3.12. The van der Waals surface area contributed by atoms with Crippen LogP contribution in [0.5, 0.6) is 5.88 Å². The molecular weight excluding hydrogens is 290 g/mol. The first kappa shape index (κ1) is 13.8. The van der Waals surface area contributed by atoms with E-state index in [1.165, 1.54) is 12.3 Å². The first-order valence-corrected chi connectivity index (χ1v) is 6.31. The second-order valence-electron chi connectivity index (χ2n) is 4.54. The number of aromatic amines is 1. The van der Waals surface area contributed by atoms with Gasteiger partial charge in [0.05, 0.1) is 16.8 Å². The number of alkyl halides is 2. The van der Waals surface area contributed by atoms with Gasteiger partial charge in [-0.1, -0.05) is 12.1 Å². The highest BCUT2D eigenvalue weighted by atomic mass is 19.3. The summed E-state index contributed by atoms with van der Waals surface area (Å²) < 4.78 is 28.6. The predicted molar refractivity (Wildman–Crippen MR) is 77.3 cm³/mol. The number of fused-ring (bicyclic) bond motifs is 1. The van der Waals surface area contributed by atoms with E-state index >= 15 is 0 Å². The number of ether oxygens (including phenoxy) is 1. The van der Waals surface area contributed by atoms with Crippen molar-refractivity contribution in [2.75, 3.05) is 5.73 Å². The molecule has 0 radical (unpaired) electrons. The number of nitrogens with zero attached hydrogens (tertiary/aromatic N) is 2. The highest BCUT2D eigenvalue weighted by Crippen LogP contribution is 2.32. The predicted octanol–water partition coefficient (Wildman–Crippen LogP) is 3.29. The monoisotopic (exact) mass is 300 g/mol. The van der Waals surface area contributed by atoms with Gasteiger partial charge in [0.15, 0.2) is 0 Å². The van der Waals surface area contributed by atoms with Crippen LogP contribution in [-0.2, 0) is 0 Å². The molecule has 0 unspecified atom stereocenters. The molecule has 2 aromatic heterocycles. The fourth-order valence-corrected chi connectivity index (χ4v) is 2.29. The molecule has 0 aliphatic heterocycles. The van der Waals surface area contributed by atoms with Crippen molar-refractivity contribution in [3.63, 3.8) is 0 Å². The molecular formula is C15H10F2N4O. The van der Waals surface area contributed by atoms with Crippen molar-refractivity contribution < 1.29 is 13.5 Å². The number of hydrogen-bond acceptors (Lipinski definition) is 4. The average Bonchev–Trinajstić information content (AvgIpc) is 2.93. The molecule has 0 aliphatic carbocycles. The first-order chi connectivity index (χ1) is 10.6. The van der Waals surface area contributed by atoms with Crippen LogP contribution in [0.25, 0.3) is 22.0 Å². The summed E-state index contributed by atoms with van der Waals surface area (Å²) in [5, 5.41) is 9.91. The Bertz CT molecular complexity index is 883. The number of halogens is 2. The van der Waals surface area contributed by atoms with E-state index in [9.17, 15) is 8.78 Å². The number of rotatable bonds is 3. The second kappa shape index (κ2) is 5.33. The molecule has 1 aromatic carbocycles. The Morgan fingerprint density at radius 1 is 1.36 bits per heavy atom. The standard InChI is InChI=1S/C15H10F2N4O/c16-15(17)22-14-12(19)4-9(6-21-14)11-7-20-13-8(5-18)2-1-3-10(11)13/h1-4,6-7,15,20H,19H2. The van der Waals surface area contributed by atoms with Gasteiger partial charge in [0.2, 0.25) is 5.88 Å². The number of nitrogens with two attached hydrogens (primary N) is 1. The molecule has 0 atom stereocenters. The van der Waals surface area contributed by atoms with E-state index in [1.54, 1.807) is 18.3 Å². The highest BCUT2D eigenvalue weighted by molar-refractivity contribution is 5.98. The van der Waals surface area contributed by atoms with Crippen molar-refractivity contribution >= 4 is 16.6 Å². The van der Waals surface area contributed by atoms with Gasteiger partial charge >= 0.3 is 6.61 Å². The minimum Gasteiger partial charge on any atom is -0.415 e. The van der Waals surface area contributed by atoms with E-state index < -0.39 is 6.61 Å². The van der Waals surface area contributed by atoms with Crippen molar-refractivity contribution in [2.24, 2.45) is 0 Å². The third-order valence-corrected chi connectivity index (χ3v) is 3.23. The van der Waals surface area contributed by atoms with Crippen LogP contribution in [0.2, 0.25) is 0 Å². The molecule has 110 valence electrons. The third kappa shape index (κ3) is 2.31. The molecule has 0 bridgehead atoms. The number of H-pyrrole nitrogens is 1. The molecule has 0 aliphatic rings. The first-order valence-electron chi connectivity index (χ1n) is 6.31. The molecule has 0 saturated carbocycles. The Labute approximate surface area is 124 Å². The van der Waals surface area contributed by atoms with E-state index in [1.807, 2.05) is 6.07 Å². The maximum Gasteiger partial charge on any atom is 0.388 e. The van der Waals surface area contributed by atoms with Gasteiger partial charge in [0, 0.05) is 28.9 Å². The highest BCUT2D eigenvalue weighted by Gasteiger charge is 2.13. The van der Waals surface area contributed by atoms with Gasteiger partial charge in [0.25, 0.3) is 0 Å². The zero-order chi connectivity index (χ0) is 15.7. The van der Waals surface area contributed by atoms with Crippen LogP contribution in [0.4, 0.5) is 14.5 Å². The van der Waals surface area contributed by atoms with Crippen LogP contribution >= 0.6 is 0 Å². The van der Waals surface area contributed by atoms with Crippen molar-refractivity contribution in [1.82, 2.24) is 9.97 Å². The molecule has 3 N–H and O–H groups in total. The SMILES string of the molecule is N#Cc1cccc2c(-c3cnc(OC(F)F)c(N)c3)c[nH]c12. The number of hydrogen-bond donors (Lipinski definition) is 2. The van der Waals surface area contributed by atoms with Gasteiger partial charge in [-0.25, -0.2) is 4.98 Å². The summed E-state index contributed by atoms with van der Waals surface area (Å²) in [4.78, 5) is 6.85. The third-order valence-electron chi connectivity index (χ3n) is 3.23. The Hall–Kier alpha value is -3.14. The lowest BCUT2D eigenvalue weighted by Crippen LogP contribution is -2.06. The second-order valence-corrected chi connectivity index (χ2v) is 4.54. The van der Waals surface area contributed by atoms with E-state index in [0.29, 0.717) is 16.6 Å². The van der Waals surface area contributed by atoms with Crippen molar-refractivity contribution in [3.8, 4) is 23.1 Å². The van der Waals surface area contributed by atoms with Crippen LogP contribution in [0, 0.1) is 11.3 Å². The minimum absolute atomic E-state index is 0.0172. The lowest BCUT2D eigenvalue weighted by molar-refractivity contribution is -0.0522. The van der Waals surface area contributed by atoms with Crippen LogP contribution in [0.3, 0.4) is 0 Å². The summed E-state index contributed by atoms with van der Waals surface area (Å²) in [6, 6.07) is 8.93. The lowest BCUT2D eigenvalue weighted by atomic mass is 10.0. The molecule has 5 nitrogen and oxygen atoms in total. The number of nitrogens with one attached hydrogen (secondary N) is 1. The fraction of sp³-hybridized carbons (Fsp3) is 0.0667. The Morgan fingerprint density at radius 2 is 2.18 bits per heavy atom. The molecule has 3 aromatic rings. The smallest absolute Gasteiger partial charge is 0.388 e. The summed E-state index contributed by atoms with van der Waals surface area (Å²) in [7, 11) is 0. The van der Waals surface area contributed by atoms with Crippen LogP contribution < -0.4 is 10.5 Å². The number of nitriles is 1. The van der Waals surface area contributed by atoms with Crippen molar-refractivity contribution in [2.45, 2.75) is 6.61 Å². The molecule has 3 rings (SSSR count). The minimum atomic E-state index is -2.98. The molecule has 0 amide bonds. The van der Waals surface area contributed by atoms with Crippen LogP contribution in [-0.4, -0.2) is 16.6 Å². The fourth-order valence-electron chi connectivity index (χ4n) is 2.29. The number of pyridine rings is 1. The summed E-state index contributed by atoms with van der Waals surface area (Å²) >= 11 is 0. The van der Waals surface area contributed by atoms with Gasteiger partial charge in [-0.05, 0) is 12.1 Å². The zero-order valence-corrected chi connectivity index (χ0v) is 11.2. The van der Waals surface area contributed by atoms with E-state index in [4.69, 9.17) is 11.0 Å². The van der Waals surface area contributed by atoms with Crippen LogP contribution in [0.15, 0.2) is 36.7 Å². The molecule has 0 fully saturated rings. The Kier molecular flexibility index (Phi) is 3.35. The maximum atomic E-state index is 12.2. The largest absolute Gasteiger partial charge is 0.415 e. The van der Waals surface area contributed by atoms with E-state index in [-0.39, 0.29) is 11.6 Å².